The summed E-state index contributed by atoms with van der Waals surface area (Å²) in [7, 11) is 0. The smallest absolute Gasteiger partial charge is 0.230 e. The van der Waals surface area contributed by atoms with Crippen LogP contribution in [-0.4, -0.2) is 26.4 Å². The monoisotopic (exact) mass is 370 g/mol. The van der Waals surface area contributed by atoms with Crippen LogP contribution >= 0.6 is 11.8 Å². The predicted octanol–water partition coefficient (Wildman–Crippen LogP) is 3.68. The van der Waals surface area contributed by atoms with Crippen molar-refractivity contribution in [3.63, 3.8) is 0 Å². The van der Waals surface area contributed by atoms with Gasteiger partial charge in [-0.15, -0.1) is 0 Å². The van der Waals surface area contributed by atoms with Gasteiger partial charge in [-0.05, 0) is 44.2 Å². The van der Waals surface area contributed by atoms with Crippen LogP contribution in [0.5, 0.6) is 0 Å². The highest BCUT2D eigenvalue weighted by Crippen LogP contribution is 2.21. The van der Waals surface area contributed by atoms with E-state index in [-0.39, 0.29) is 17.8 Å². The second kappa shape index (κ2) is 8.14. The van der Waals surface area contributed by atoms with Crippen molar-refractivity contribution in [3.05, 3.63) is 71.9 Å². The van der Waals surface area contributed by atoms with Crippen molar-refractivity contribution in [2.45, 2.75) is 24.9 Å². The number of nitrogens with zero attached hydrogens (tertiary/aromatic N) is 3. The molecular formula is C19H19FN4OS. The lowest BCUT2D eigenvalue weighted by Crippen LogP contribution is -2.28. The van der Waals surface area contributed by atoms with E-state index < -0.39 is 0 Å². The molecule has 0 aliphatic carbocycles. The van der Waals surface area contributed by atoms with E-state index in [1.807, 2.05) is 32.0 Å². The van der Waals surface area contributed by atoms with Crippen LogP contribution in [-0.2, 0) is 4.79 Å². The van der Waals surface area contributed by atoms with Crippen LogP contribution in [0.1, 0.15) is 24.2 Å². The van der Waals surface area contributed by atoms with E-state index in [0.29, 0.717) is 11.4 Å². The molecule has 0 saturated carbocycles. The Hall–Kier alpha value is -2.67. The average Bonchev–Trinajstić information content (AvgIpc) is 3.02. The summed E-state index contributed by atoms with van der Waals surface area (Å²) in [4.78, 5) is 16.4. The maximum Gasteiger partial charge on any atom is 0.230 e. The van der Waals surface area contributed by atoms with E-state index in [1.165, 1.54) is 23.9 Å². The molecule has 3 rings (SSSR count). The van der Waals surface area contributed by atoms with Crippen LogP contribution in [0.15, 0.2) is 59.9 Å². The maximum atomic E-state index is 13.4. The highest BCUT2D eigenvalue weighted by Gasteiger charge is 2.16. The Bertz CT molecular complexity index is 898. The molecule has 0 radical (unpaired) electrons. The summed E-state index contributed by atoms with van der Waals surface area (Å²) in [5, 5.41) is 8.11. The van der Waals surface area contributed by atoms with Crippen molar-refractivity contribution in [2.75, 3.05) is 5.75 Å². The van der Waals surface area contributed by atoms with Crippen molar-refractivity contribution in [3.8, 4) is 5.69 Å². The second-order valence-corrected chi connectivity index (χ2v) is 6.82. The molecule has 3 aromatic rings. The topological polar surface area (TPSA) is 59.8 Å². The van der Waals surface area contributed by atoms with Crippen LogP contribution < -0.4 is 5.32 Å². The summed E-state index contributed by atoms with van der Waals surface area (Å²) >= 11 is 1.39. The second-order valence-electron chi connectivity index (χ2n) is 5.82. The van der Waals surface area contributed by atoms with Gasteiger partial charge in [0.25, 0.3) is 0 Å². The van der Waals surface area contributed by atoms with Crippen LogP contribution in [0.2, 0.25) is 0 Å². The third-order valence-electron chi connectivity index (χ3n) is 3.93. The fraction of sp³-hybridized carbons (Fsp3) is 0.211. The van der Waals surface area contributed by atoms with Crippen molar-refractivity contribution in [1.82, 2.24) is 20.1 Å². The Kier molecular flexibility index (Phi) is 5.68. The fourth-order valence-corrected chi connectivity index (χ4v) is 3.32. The average molecular weight is 370 g/mol. The molecule has 2 aromatic heterocycles. The van der Waals surface area contributed by atoms with Crippen LogP contribution in [0.4, 0.5) is 4.39 Å². The first-order valence-corrected chi connectivity index (χ1v) is 9.17. The Morgan fingerprint density at radius 1 is 1.31 bits per heavy atom. The zero-order valence-corrected chi connectivity index (χ0v) is 15.3. The third kappa shape index (κ3) is 4.29. The van der Waals surface area contributed by atoms with E-state index in [4.69, 9.17) is 0 Å². The molecule has 0 bridgehead atoms. The number of carbonyl (C=O) groups is 1. The molecular weight excluding hydrogens is 351 g/mol. The first-order valence-electron chi connectivity index (χ1n) is 8.18. The zero-order valence-electron chi connectivity index (χ0n) is 14.5. The van der Waals surface area contributed by atoms with Crippen molar-refractivity contribution >= 4 is 17.7 Å². The molecule has 0 aliphatic rings. The number of nitrogens with one attached hydrogen (secondary N) is 1. The largest absolute Gasteiger partial charge is 0.349 e. The van der Waals surface area contributed by atoms with Crippen molar-refractivity contribution in [2.24, 2.45) is 0 Å². The lowest BCUT2D eigenvalue weighted by Gasteiger charge is -2.14. The van der Waals surface area contributed by atoms with E-state index in [9.17, 15) is 9.18 Å². The molecule has 0 aliphatic heterocycles. The third-order valence-corrected chi connectivity index (χ3v) is 4.88. The van der Waals surface area contributed by atoms with E-state index >= 15 is 0 Å². The molecule has 0 fully saturated rings. The molecule has 1 aromatic carbocycles. The minimum Gasteiger partial charge on any atom is -0.349 e. The molecule has 1 atom stereocenters. The first-order chi connectivity index (χ1) is 12.5. The first kappa shape index (κ1) is 18.1. The number of aromatic nitrogens is 3. The number of halogens is 1. The Labute approximate surface area is 155 Å². The van der Waals surface area contributed by atoms with Gasteiger partial charge in [0.05, 0.1) is 28.7 Å². The molecule has 7 heteroatoms. The van der Waals surface area contributed by atoms with Crippen molar-refractivity contribution in [1.29, 1.82) is 0 Å². The minimum absolute atomic E-state index is 0.0777. The number of hydrogen-bond donors (Lipinski definition) is 1. The molecule has 5 nitrogen and oxygen atoms in total. The summed E-state index contributed by atoms with van der Waals surface area (Å²) in [6, 6.07) is 11.7. The molecule has 0 spiro atoms. The normalized spacial score (nSPS) is 12.0. The number of carbonyl (C=O) groups excluding carboxylic acids is 1. The van der Waals surface area contributed by atoms with E-state index in [0.717, 1.165) is 16.3 Å². The minimum atomic E-state index is -0.313. The van der Waals surface area contributed by atoms with Gasteiger partial charge in [0, 0.05) is 17.5 Å². The molecule has 0 saturated heterocycles. The molecule has 1 unspecified atom stereocenters. The van der Waals surface area contributed by atoms with Gasteiger partial charge < -0.3 is 5.32 Å². The quantitative estimate of drug-likeness (QED) is 0.673. The van der Waals surface area contributed by atoms with Gasteiger partial charge in [-0.25, -0.2) is 14.1 Å². The van der Waals surface area contributed by atoms with Gasteiger partial charge in [-0.1, -0.05) is 23.9 Å². The van der Waals surface area contributed by atoms with Gasteiger partial charge in [0.2, 0.25) is 5.91 Å². The SMILES string of the molecule is Cc1c(C(C)NC(=O)CSc2ccccn2)cnn1-c1cccc(F)c1. The maximum absolute atomic E-state index is 13.4. The Morgan fingerprint density at radius 2 is 2.15 bits per heavy atom. The number of amides is 1. The van der Waals surface area contributed by atoms with Gasteiger partial charge in [-0.3, -0.25) is 4.79 Å². The van der Waals surface area contributed by atoms with Gasteiger partial charge in [0.1, 0.15) is 5.82 Å². The molecule has 1 N–H and O–H groups in total. The fourth-order valence-electron chi connectivity index (χ4n) is 2.65. The summed E-state index contributed by atoms with van der Waals surface area (Å²) < 4.78 is 15.1. The number of pyridine rings is 1. The zero-order chi connectivity index (χ0) is 18.5. The number of hydrogen-bond acceptors (Lipinski definition) is 4. The summed E-state index contributed by atoms with van der Waals surface area (Å²) in [5.74, 6) is -0.101. The Balaban J connectivity index is 1.65. The molecule has 2 heterocycles. The molecule has 26 heavy (non-hydrogen) atoms. The number of rotatable bonds is 6. The lowest BCUT2D eigenvalue weighted by molar-refractivity contribution is -0.119. The van der Waals surface area contributed by atoms with E-state index in [1.54, 1.807) is 29.2 Å². The lowest BCUT2D eigenvalue weighted by atomic mass is 10.1. The Morgan fingerprint density at radius 3 is 2.88 bits per heavy atom. The summed E-state index contributed by atoms with van der Waals surface area (Å²) in [6.07, 6.45) is 3.41. The van der Waals surface area contributed by atoms with Gasteiger partial charge >= 0.3 is 0 Å². The highest BCUT2D eigenvalue weighted by atomic mass is 32.2. The number of thioether (sulfide) groups is 1. The molecule has 134 valence electrons. The molecule has 1 amide bonds. The van der Waals surface area contributed by atoms with Crippen LogP contribution in [0.25, 0.3) is 5.69 Å². The van der Waals surface area contributed by atoms with Gasteiger partial charge in [-0.2, -0.15) is 5.10 Å². The highest BCUT2D eigenvalue weighted by molar-refractivity contribution is 7.99. The van der Waals surface area contributed by atoms with Crippen LogP contribution in [0.3, 0.4) is 0 Å². The van der Waals surface area contributed by atoms with E-state index in [2.05, 4.69) is 15.4 Å². The summed E-state index contributed by atoms with van der Waals surface area (Å²) in [5.41, 5.74) is 2.41. The van der Waals surface area contributed by atoms with Crippen LogP contribution in [0, 0.1) is 12.7 Å². The standard InChI is InChI=1S/C19H19FN4OS/c1-13(23-18(25)12-26-19-8-3-4-9-21-19)17-11-22-24(14(17)2)16-7-5-6-15(20)10-16/h3-11,13H,12H2,1-2H3,(H,23,25). The van der Waals surface area contributed by atoms with Crippen molar-refractivity contribution < 1.29 is 9.18 Å². The van der Waals surface area contributed by atoms with Gasteiger partial charge in [0.15, 0.2) is 0 Å². The predicted molar refractivity (Wildman–Crippen MR) is 99.8 cm³/mol. The number of benzene rings is 1. The summed E-state index contributed by atoms with van der Waals surface area (Å²) in [6.45, 7) is 3.81.